The highest BCUT2D eigenvalue weighted by Gasteiger charge is 2.24. The lowest BCUT2D eigenvalue weighted by atomic mass is 10.0. The number of H-pyrrole nitrogens is 1. The highest BCUT2D eigenvalue weighted by atomic mass is 16.5. The van der Waals surface area contributed by atoms with Gasteiger partial charge in [0.2, 0.25) is 5.43 Å². The molecular formula is C27H24N2O4. The maximum absolute atomic E-state index is 13.2. The summed E-state index contributed by atoms with van der Waals surface area (Å²) in [7, 11) is 1.27. The number of rotatable bonds is 7. The fraction of sp³-hybridized carbons (Fsp3) is 0.148. The van der Waals surface area contributed by atoms with Crippen LogP contribution in [-0.4, -0.2) is 30.0 Å². The molecule has 0 aliphatic carbocycles. The van der Waals surface area contributed by atoms with E-state index in [2.05, 4.69) is 10.3 Å². The first-order valence-corrected chi connectivity index (χ1v) is 10.7. The minimum absolute atomic E-state index is 0.0543. The molecule has 33 heavy (non-hydrogen) atoms. The van der Waals surface area contributed by atoms with Gasteiger partial charge in [0.05, 0.1) is 7.11 Å². The second-order valence-electron chi connectivity index (χ2n) is 7.81. The molecule has 0 saturated heterocycles. The molecule has 0 spiro atoms. The molecule has 1 atom stereocenters. The maximum atomic E-state index is 13.2. The highest BCUT2D eigenvalue weighted by Crippen LogP contribution is 2.15. The van der Waals surface area contributed by atoms with Crippen molar-refractivity contribution in [3.63, 3.8) is 0 Å². The lowest BCUT2D eigenvalue weighted by molar-refractivity contribution is -0.142. The molecule has 2 N–H and O–H groups in total. The summed E-state index contributed by atoms with van der Waals surface area (Å²) < 4.78 is 4.85. The molecule has 0 fully saturated rings. The van der Waals surface area contributed by atoms with Gasteiger partial charge in [-0.15, -0.1) is 0 Å². The maximum Gasteiger partial charge on any atom is 0.328 e. The third-order valence-corrected chi connectivity index (χ3v) is 5.51. The van der Waals surface area contributed by atoms with Gasteiger partial charge in [-0.2, -0.15) is 0 Å². The number of esters is 1. The Hall–Kier alpha value is -4.19. The monoisotopic (exact) mass is 440 g/mol. The van der Waals surface area contributed by atoms with Crippen LogP contribution < -0.4 is 10.7 Å². The van der Waals surface area contributed by atoms with Gasteiger partial charge in [-0.1, -0.05) is 66.7 Å². The molecule has 4 rings (SSSR count). The second kappa shape index (κ2) is 9.96. The van der Waals surface area contributed by atoms with E-state index in [1.165, 1.54) is 13.3 Å². The zero-order valence-corrected chi connectivity index (χ0v) is 18.2. The van der Waals surface area contributed by atoms with E-state index in [9.17, 15) is 14.4 Å². The molecule has 6 nitrogen and oxygen atoms in total. The number of carbonyl (C=O) groups is 2. The summed E-state index contributed by atoms with van der Waals surface area (Å²) in [5, 5.41) is 3.08. The first-order valence-electron chi connectivity index (χ1n) is 10.7. The fourth-order valence-corrected chi connectivity index (χ4v) is 3.80. The van der Waals surface area contributed by atoms with Crippen LogP contribution in [0.4, 0.5) is 0 Å². The van der Waals surface area contributed by atoms with Crippen LogP contribution in [0.25, 0.3) is 10.9 Å². The molecule has 0 radical (unpaired) electrons. The average molecular weight is 440 g/mol. The SMILES string of the molecule is COC(=O)[C@H](Cc1ccccc1)NC(=O)c1c[nH]c2ccc(Cc3ccccc3)cc2c1=O. The molecule has 0 aliphatic rings. The first kappa shape index (κ1) is 22.0. The van der Waals surface area contributed by atoms with Crippen LogP contribution in [0, 0.1) is 0 Å². The average Bonchev–Trinajstić information content (AvgIpc) is 2.85. The normalized spacial score (nSPS) is 11.7. The van der Waals surface area contributed by atoms with Crippen molar-refractivity contribution in [3.8, 4) is 0 Å². The minimum Gasteiger partial charge on any atom is -0.467 e. The fourth-order valence-electron chi connectivity index (χ4n) is 3.80. The number of pyridine rings is 1. The van der Waals surface area contributed by atoms with Gasteiger partial charge >= 0.3 is 5.97 Å². The summed E-state index contributed by atoms with van der Waals surface area (Å²) in [6.45, 7) is 0. The van der Waals surface area contributed by atoms with Crippen molar-refractivity contribution < 1.29 is 14.3 Å². The van der Waals surface area contributed by atoms with Gasteiger partial charge in [-0.3, -0.25) is 9.59 Å². The van der Waals surface area contributed by atoms with Gasteiger partial charge in [0, 0.05) is 23.5 Å². The summed E-state index contributed by atoms with van der Waals surface area (Å²) >= 11 is 0. The summed E-state index contributed by atoms with van der Waals surface area (Å²) in [5.41, 5.74) is 3.16. The van der Waals surface area contributed by atoms with E-state index in [-0.39, 0.29) is 17.4 Å². The van der Waals surface area contributed by atoms with Gasteiger partial charge in [-0.25, -0.2) is 4.79 Å². The first-order chi connectivity index (χ1) is 16.0. The molecule has 0 saturated carbocycles. The molecule has 3 aromatic carbocycles. The number of benzene rings is 3. The van der Waals surface area contributed by atoms with Gasteiger partial charge in [0.15, 0.2) is 0 Å². The minimum atomic E-state index is -0.913. The van der Waals surface area contributed by atoms with Crippen molar-refractivity contribution in [1.29, 1.82) is 0 Å². The molecule has 0 bridgehead atoms. The topological polar surface area (TPSA) is 88.3 Å². The number of ether oxygens (including phenoxy) is 1. The molecule has 1 aromatic heterocycles. The van der Waals surface area contributed by atoms with Crippen molar-refractivity contribution in [2.75, 3.05) is 7.11 Å². The smallest absolute Gasteiger partial charge is 0.328 e. The van der Waals surface area contributed by atoms with Gasteiger partial charge in [0.25, 0.3) is 5.91 Å². The van der Waals surface area contributed by atoms with Crippen molar-refractivity contribution in [2.24, 2.45) is 0 Å². The van der Waals surface area contributed by atoms with E-state index < -0.39 is 17.9 Å². The van der Waals surface area contributed by atoms with E-state index in [0.717, 1.165) is 16.7 Å². The second-order valence-corrected chi connectivity index (χ2v) is 7.81. The standard InChI is InChI=1S/C27H24N2O4/c1-33-27(32)24(16-19-10-6-3-7-11-19)29-26(31)22-17-28-23-13-12-20(15-21(23)25(22)30)14-18-8-4-2-5-9-18/h2-13,15,17,24H,14,16H2,1H3,(H,28,30)(H,29,31)/t24-/m0/s1. The van der Waals surface area contributed by atoms with Crippen molar-refractivity contribution in [1.82, 2.24) is 10.3 Å². The number of fused-ring (bicyclic) bond motifs is 1. The van der Waals surface area contributed by atoms with E-state index >= 15 is 0 Å². The quantitative estimate of drug-likeness (QED) is 0.430. The van der Waals surface area contributed by atoms with Crippen molar-refractivity contribution in [3.05, 3.63) is 118 Å². The third kappa shape index (κ3) is 5.18. The lowest BCUT2D eigenvalue weighted by Crippen LogP contribution is -2.44. The Morgan fingerprint density at radius 1 is 0.909 bits per heavy atom. The van der Waals surface area contributed by atoms with Crippen LogP contribution in [0.5, 0.6) is 0 Å². The van der Waals surface area contributed by atoms with Crippen LogP contribution in [-0.2, 0) is 22.4 Å². The van der Waals surface area contributed by atoms with Crippen LogP contribution in [0.2, 0.25) is 0 Å². The molecule has 166 valence electrons. The van der Waals surface area contributed by atoms with Gasteiger partial charge < -0.3 is 15.0 Å². The number of aromatic nitrogens is 1. The Bertz CT molecular complexity index is 1330. The van der Waals surface area contributed by atoms with Crippen molar-refractivity contribution >= 4 is 22.8 Å². The molecule has 1 amide bonds. The van der Waals surface area contributed by atoms with E-state index in [1.807, 2.05) is 72.8 Å². The molecule has 0 aliphatic heterocycles. The predicted molar refractivity (Wildman–Crippen MR) is 127 cm³/mol. The summed E-state index contributed by atoms with van der Waals surface area (Å²) in [5.74, 6) is -1.20. The predicted octanol–water partition coefficient (Wildman–Crippen LogP) is 3.63. The zero-order valence-electron chi connectivity index (χ0n) is 18.2. The highest BCUT2D eigenvalue weighted by molar-refractivity contribution is 5.99. The molecular weight excluding hydrogens is 416 g/mol. The van der Waals surface area contributed by atoms with Crippen LogP contribution in [0.15, 0.2) is 89.9 Å². The molecule has 6 heteroatoms. The Morgan fingerprint density at radius 2 is 1.58 bits per heavy atom. The lowest BCUT2D eigenvalue weighted by Gasteiger charge is -2.16. The number of aromatic amines is 1. The Balaban J connectivity index is 1.60. The van der Waals surface area contributed by atoms with Crippen molar-refractivity contribution in [2.45, 2.75) is 18.9 Å². The zero-order chi connectivity index (χ0) is 23.2. The summed E-state index contributed by atoms with van der Waals surface area (Å²) in [6, 6.07) is 23.9. The summed E-state index contributed by atoms with van der Waals surface area (Å²) in [4.78, 5) is 41.4. The van der Waals surface area contributed by atoms with Gasteiger partial charge in [-0.05, 0) is 35.2 Å². The molecule has 1 heterocycles. The van der Waals surface area contributed by atoms with E-state index in [1.54, 1.807) is 6.07 Å². The third-order valence-electron chi connectivity index (χ3n) is 5.51. The number of nitrogens with one attached hydrogen (secondary N) is 2. The Morgan fingerprint density at radius 3 is 2.24 bits per heavy atom. The van der Waals surface area contributed by atoms with Crippen LogP contribution in [0.3, 0.4) is 0 Å². The number of carbonyl (C=O) groups excluding carboxylic acids is 2. The largest absolute Gasteiger partial charge is 0.467 e. The van der Waals surface area contributed by atoms with Crippen LogP contribution >= 0.6 is 0 Å². The number of amides is 1. The Labute approximate surface area is 191 Å². The number of hydrogen-bond acceptors (Lipinski definition) is 4. The number of methoxy groups -OCH3 is 1. The molecule has 4 aromatic rings. The Kier molecular flexibility index (Phi) is 6.64. The van der Waals surface area contributed by atoms with E-state index in [4.69, 9.17) is 4.74 Å². The summed E-state index contributed by atoms with van der Waals surface area (Å²) in [6.07, 6.45) is 2.31. The van der Waals surface area contributed by atoms with Gasteiger partial charge in [0.1, 0.15) is 11.6 Å². The van der Waals surface area contributed by atoms with E-state index in [0.29, 0.717) is 17.3 Å². The number of hydrogen-bond donors (Lipinski definition) is 2. The molecule has 0 unspecified atom stereocenters. The van der Waals surface area contributed by atoms with Crippen LogP contribution in [0.1, 0.15) is 27.0 Å².